The molecule has 0 aromatic carbocycles. The van der Waals surface area contributed by atoms with Gasteiger partial charge < -0.3 is 30.8 Å². The Morgan fingerprint density at radius 1 is 0.905 bits per heavy atom. The molecule has 0 saturated carbocycles. The number of hydrogen-bond acceptors (Lipinski definition) is 8. The van der Waals surface area contributed by atoms with Crippen LogP contribution in [0.2, 0.25) is 0 Å². The highest BCUT2D eigenvalue weighted by molar-refractivity contribution is 8.16. The predicted octanol–water partition coefficient (Wildman–Crippen LogP) is -1.63. The Balaban J connectivity index is 4.93. The van der Waals surface area contributed by atoms with Gasteiger partial charge in [0.05, 0.1) is 16.7 Å². The van der Waals surface area contributed by atoms with Gasteiger partial charge in [-0.2, -0.15) is 0 Å². The lowest BCUT2D eigenvalue weighted by Gasteiger charge is -2.34. The maximum Gasteiger partial charge on any atom is 0.217 e. The van der Waals surface area contributed by atoms with Gasteiger partial charge in [0.15, 0.2) is 0 Å². The number of carbonyl (C=O) groups excluding carboxylic acids is 1. The zero-order valence-electron chi connectivity index (χ0n) is 12.5. The minimum atomic E-state index is -1.71. The van der Waals surface area contributed by atoms with Crippen LogP contribution >= 0.6 is 23.5 Å². The third-order valence-corrected chi connectivity index (χ3v) is 5.69. The van der Waals surface area contributed by atoms with Crippen LogP contribution in [0.15, 0.2) is 0 Å². The summed E-state index contributed by atoms with van der Waals surface area (Å²) in [5, 5.41) is 51.9. The highest BCUT2D eigenvalue weighted by atomic mass is 32.2. The first-order valence-electron chi connectivity index (χ1n) is 6.40. The number of rotatable bonds is 9. The molecule has 0 aliphatic carbocycles. The van der Waals surface area contributed by atoms with Crippen LogP contribution in [0.5, 0.6) is 0 Å². The Morgan fingerprint density at radius 2 is 1.33 bits per heavy atom. The third-order valence-electron chi connectivity index (χ3n) is 3.05. The van der Waals surface area contributed by atoms with Gasteiger partial charge in [-0.05, 0) is 19.4 Å². The maximum absolute atomic E-state index is 11.1. The molecule has 6 N–H and O–H groups in total. The molecule has 0 bridgehead atoms. The fraction of sp³-hybridized carbons (Fsp3) is 0.917. The molecule has 0 rings (SSSR count). The Kier molecular flexibility index (Phi) is 9.87. The van der Waals surface area contributed by atoms with Gasteiger partial charge in [-0.25, -0.2) is 0 Å². The Labute approximate surface area is 133 Å². The number of hydrogen-bond donors (Lipinski definition) is 6. The number of aliphatic hydroxyl groups is 5. The quantitative estimate of drug-likeness (QED) is 0.275. The van der Waals surface area contributed by atoms with Crippen molar-refractivity contribution in [2.24, 2.45) is 0 Å². The summed E-state index contributed by atoms with van der Waals surface area (Å²) in [6.45, 7) is 2.54. The second-order valence-corrected chi connectivity index (χ2v) is 7.03. The van der Waals surface area contributed by atoms with E-state index in [2.05, 4.69) is 5.32 Å². The van der Waals surface area contributed by atoms with E-state index in [1.807, 2.05) is 0 Å². The lowest BCUT2D eigenvalue weighted by molar-refractivity contribution is -0.131. The lowest BCUT2D eigenvalue weighted by atomic mass is 9.95. The number of nitrogens with one attached hydrogen (secondary N) is 1. The SMILES string of the molecule is CSC(SC)C(O)C(O)C(O)C(O)C(NC(C)=O)C(C)O. The number of aliphatic hydroxyl groups excluding tert-OH is 5. The van der Waals surface area contributed by atoms with Crippen LogP contribution in [-0.4, -0.2) is 85.1 Å². The van der Waals surface area contributed by atoms with Gasteiger partial charge >= 0.3 is 0 Å². The Bertz CT molecular complexity index is 316. The predicted molar refractivity (Wildman–Crippen MR) is 84.1 cm³/mol. The summed E-state index contributed by atoms with van der Waals surface area (Å²) in [6, 6.07) is -1.15. The first-order valence-corrected chi connectivity index (χ1v) is 8.97. The molecule has 0 fully saturated rings. The van der Waals surface area contributed by atoms with Crippen molar-refractivity contribution in [2.45, 2.75) is 55.0 Å². The largest absolute Gasteiger partial charge is 0.391 e. The molecule has 0 aliphatic rings. The minimum Gasteiger partial charge on any atom is -0.391 e. The molecule has 0 aromatic heterocycles. The van der Waals surface area contributed by atoms with Crippen LogP contribution < -0.4 is 5.32 Å². The van der Waals surface area contributed by atoms with E-state index in [-0.39, 0.29) is 4.58 Å². The van der Waals surface area contributed by atoms with Crippen LogP contribution in [0.4, 0.5) is 0 Å². The first kappa shape index (κ1) is 21.0. The highest BCUT2D eigenvalue weighted by Crippen LogP contribution is 2.26. The third kappa shape index (κ3) is 6.31. The maximum atomic E-state index is 11.1. The molecular formula is C12H25NO6S2. The summed E-state index contributed by atoms with van der Waals surface area (Å²) in [5.41, 5.74) is 0. The van der Waals surface area contributed by atoms with E-state index >= 15 is 0 Å². The number of carbonyl (C=O) groups is 1. The summed E-state index contributed by atoms with van der Waals surface area (Å²) in [7, 11) is 0. The standard InChI is InChI=1S/C12H25NO6S2/c1-5(14)7(13-6(2)15)8(16)9(17)10(18)11(19)12(20-3)21-4/h5,7-12,14,16-19H,1-4H3,(H,13,15). The van der Waals surface area contributed by atoms with Gasteiger partial charge in [0, 0.05) is 6.92 Å². The van der Waals surface area contributed by atoms with E-state index in [1.165, 1.54) is 37.4 Å². The van der Waals surface area contributed by atoms with Gasteiger partial charge in [-0.15, -0.1) is 23.5 Å². The smallest absolute Gasteiger partial charge is 0.217 e. The molecule has 6 atom stereocenters. The van der Waals surface area contributed by atoms with Crippen molar-refractivity contribution in [1.29, 1.82) is 0 Å². The number of amides is 1. The highest BCUT2D eigenvalue weighted by Gasteiger charge is 2.39. The minimum absolute atomic E-state index is 0.382. The van der Waals surface area contributed by atoms with E-state index in [4.69, 9.17) is 0 Å². The van der Waals surface area contributed by atoms with Gasteiger partial charge in [-0.1, -0.05) is 0 Å². The molecule has 0 saturated heterocycles. The fourth-order valence-electron chi connectivity index (χ4n) is 1.88. The second kappa shape index (κ2) is 9.88. The molecule has 0 aliphatic heterocycles. The van der Waals surface area contributed by atoms with Gasteiger partial charge in [0.2, 0.25) is 5.91 Å². The average Bonchev–Trinajstić information content (AvgIpc) is 2.43. The van der Waals surface area contributed by atoms with Crippen LogP contribution in [0.3, 0.4) is 0 Å². The summed E-state index contributed by atoms with van der Waals surface area (Å²) in [4.78, 5) is 11.1. The average molecular weight is 343 g/mol. The summed E-state index contributed by atoms with van der Waals surface area (Å²) < 4.78 is -0.382. The van der Waals surface area contributed by atoms with Crippen molar-refractivity contribution in [3.63, 3.8) is 0 Å². The zero-order chi connectivity index (χ0) is 16.7. The molecule has 0 spiro atoms. The monoisotopic (exact) mass is 343 g/mol. The van der Waals surface area contributed by atoms with E-state index in [1.54, 1.807) is 12.5 Å². The van der Waals surface area contributed by atoms with Crippen molar-refractivity contribution < 1.29 is 30.3 Å². The first-order chi connectivity index (χ1) is 9.67. The zero-order valence-corrected chi connectivity index (χ0v) is 14.1. The molecule has 1 amide bonds. The van der Waals surface area contributed by atoms with E-state index in [0.717, 1.165) is 0 Å². The topological polar surface area (TPSA) is 130 Å². The van der Waals surface area contributed by atoms with Crippen molar-refractivity contribution in [2.75, 3.05) is 12.5 Å². The molecule has 9 heteroatoms. The number of thioether (sulfide) groups is 2. The van der Waals surface area contributed by atoms with E-state index in [0.29, 0.717) is 0 Å². The van der Waals surface area contributed by atoms with Crippen LogP contribution in [-0.2, 0) is 4.79 Å². The van der Waals surface area contributed by atoms with Crippen molar-refractivity contribution in [3.05, 3.63) is 0 Å². The summed E-state index contributed by atoms with van der Waals surface area (Å²) in [6.07, 6.45) is -3.87. The molecule has 7 nitrogen and oxygen atoms in total. The molecular weight excluding hydrogens is 318 g/mol. The Morgan fingerprint density at radius 3 is 1.67 bits per heavy atom. The van der Waals surface area contributed by atoms with Crippen molar-refractivity contribution >= 4 is 29.4 Å². The van der Waals surface area contributed by atoms with Crippen LogP contribution in [0, 0.1) is 0 Å². The van der Waals surface area contributed by atoms with Crippen LogP contribution in [0.25, 0.3) is 0 Å². The van der Waals surface area contributed by atoms with Gasteiger partial charge in [-0.3, -0.25) is 4.79 Å². The molecule has 21 heavy (non-hydrogen) atoms. The summed E-state index contributed by atoms with van der Waals surface area (Å²) in [5.74, 6) is -0.492. The van der Waals surface area contributed by atoms with Crippen LogP contribution in [0.1, 0.15) is 13.8 Å². The van der Waals surface area contributed by atoms with Crippen molar-refractivity contribution in [1.82, 2.24) is 5.32 Å². The van der Waals surface area contributed by atoms with E-state index in [9.17, 15) is 30.3 Å². The molecule has 0 heterocycles. The fourth-order valence-corrected chi connectivity index (χ4v) is 3.53. The summed E-state index contributed by atoms with van der Waals surface area (Å²) >= 11 is 2.60. The van der Waals surface area contributed by atoms with Gasteiger partial charge in [0.1, 0.15) is 24.4 Å². The second-order valence-electron chi connectivity index (χ2n) is 4.77. The molecule has 0 aromatic rings. The Hall–Kier alpha value is -0.0300. The van der Waals surface area contributed by atoms with E-state index < -0.39 is 42.5 Å². The normalized spacial score (nSPS) is 20.5. The molecule has 126 valence electrons. The molecule has 0 radical (unpaired) electrons. The molecule has 6 unspecified atom stereocenters. The van der Waals surface area contributed by atoms with Crippen molar-refractivity contribution in [3.8, 4) is 0 Å². The lowest BCUT2D eigenvalue weighted by Crippen LogP contribution is -2.58. The van der Waals surface area contributed by atoms with Gasteiger partial charge in [0.25, 0.3) is 0 Å².